The number of esters is 1. The summed E-state index contributed by atoms with van der Waals surface area (Å²) in [7, 11) is 1.32. The van der Waals surface area contributed by atoms with Crippen molar-refractivity contribution in [3.05, 3.63) is 58.8 Å². The van der Waals surface area contributed by atoms with Gasteiger partial charge in [-0.2, -0.15) is 0 Å². The minimum absolute atomic E-state index is 0.0800. The molecule has 1 aromatic carbocycles. The fraction of sp³-hybridized carbons (Fsp3) is 0.333. The molecule has 134 valence electrons. The van der Waals surface area contributed by atoms with Crippen LogP contribution in [0.2, 0.25) is 0 Å². The van der Waals surface area contributed by atoms with Gasteiger partial charge in [0.1, 0.15) is 22.9 Å². The quantitative estimate of drug-likeness (QED) is 0.728. The van der Waals surface area contributed by atoms with Gasteiger partial charge in [0.15, 0.2) is 0 Å². The molecule has 1 N–H and O–H groups in total. The van der Waals surface area contributed by atoms with Gasteiger partial charge in [-0.15, -0.1) is 11.8 Å². The molecule has 5 nitrogen and oxygen atoms in total. The number of rotatable bonds is 8. The molecule has 1 amide bonds. The summed E-state index contributed by atoms with van der Waals surface area (Å²) in [5.41, 5.74) is 1.37. The zero-order valence-corrected chi connectivity index (χ0v) is 15.0. The van der Waals surface area contributed by atoms with E-state index in [1.54, 1.807) is 25.1 Å². The third kappa shape index (κ3) is 5.94. The molecule has 1 heterocycles. The molecule has 0 saturated carbocycles. The topological polar surface area (TPSA) is 68.5 Å². The van der Waals surface area contributed by atoms with Crippen molar-refractivity contribution >= 4 is 23.6 Å². The first-order valence-corrected chi connectivity index (χ1v) is 8.91. The van der Waals surface area contributed by atoms with Crippen LogP contribution in [-0.4, -0.2) is 31.3 Å². The Morgan fingerprint density at radius 3 is 2.68 bits per heavy atom. The largest absolute Gasteiger partial charge is 0.465 e. The SMILES string of the molecule is COC(=O)c1cc(CSCC(=O)NCCc2ccc(F)cc2)oc1C. The van der Waals surface area contributed by atoms with Crippen LogP contribution in [0, 0.1) is 12.7 Å². The molecule has 0 aliphatic heterocycles. The van der Waals surface area contributed by atoms with Gasteiger partial charge in [-0.05, 0) is 37.1 Å². The number of carbonyl (C=O) groups excluding carboxylic acids is 2. The lowest BCUT2D eigenvalue weighted by atomic mass is 10.1. The predicted molar refractivity (Wildman–Crippen MR) is 94.1 cm³/mol. The summed E-state index contributed by atoms with van der Waals surface area (Å²) >= 11 is 1.40. The van der Waals surface area contributed by atoms with Gasteiger partial charge in [-0.25, -0.2) is 9.18 Å². The zero-order chi connectivity index (χ0) is 18.2. The van der Waals surface area contributed by atoms with Crippen LogP contribution >= 0.6 is 11.8 Å². The lowest BCUT2D eigenvalue weighted by Gasteiger charge is -2.05. The number of amides is 1. The number of aryl methyl sites for hydroxylation is 1. The Balaban J connectivity index is 1.68. The maximum absolute atomic E-state index is 12.8. The van der Waals surface area contributed by atoms with E-state index in [-0.39, 0.29) is 17.5 Å². The highest BCUT2D eigenvalue weighted by molar-refractivity contribution is 7.99. The van der Waals surface area contributed by atoms with Gasteiger partial charge in [0.2, 0.25) is 5.91 Å². The maximum atomic E-state index is 12.8. The van der Waals surface area contributed by atoms with E-state index < -0.39 is 5.97 Å². The number of hydrogen-bond acceptors (Lipinski definition) is 5. The Morgan fingerprint density at radius 2 is 2.00 bits per heavy atom. The number of furan rings is 1. The van der Waals surface area contributed by atoms with Crippen LogP contribution in [0.5, 0.6) is 0 Å². The molecule has 0 bridgehead atoms. The molecule has 25 heavy (non-hydrogen) atoms. The monoisotopic (exact) mass is 365 g/mol. The van der Waals surface area contributed by atoms with Gasteiger partial charge < -0.3 is 14.5 Å². The lowest BCUT2D eigenvalue weighted by Crippen LogP contribution is -2.27. The van der Waals surface area contributed by atoms with E-state index in [0.29, 0.717) is 35.8 Å². The van der Waals surface area contributed by atoms with Crippen molar-refractivity contribution in [1.82, 2.24) is 5.32 Å². The van der Waals surface area contributed by atoms with Crippen LogP contribution in [-0.2, 0) is 21.7 Å². The van der Waals surface area contributed by atoms with Crippen molar-refractivity contribution in [2.45, 2.75) is 19.1 Å². The molecular weight excluding hydrogens is 345 g/mol. The molecule has 2 aromatic rings. The number of hydrogen-bond donors (Lipinski definition) is 1. The number of nitrogens with one attached hydrogen (secondary N) is 1. The first-order valence-electron chi connectivity index (χ1n) is 7.76. The van der Waals surface area contributed by atoms with Gasteiger partial charge in [0.25, 0.3) is 0 Å². The van der Waals surface area contributed by atoms with Crippen LogP contribution in [0.1, 0.15) is 27.4 Å². The standard InChI is InChI=1S/C18H20FNO4S/c1-12-16(18(22)23-2)9-15(24-12)10-25-11-17(21)20-8-7-13-3-5-14(19)6-4-13/h3-6,9H,7-8,10-11H2,1-2H3,(H,20,21). The van der Waals surface area contributed by atoms with Crippen molar-refractivity contribution in [1.29, 1.82) is 0 Å². The predicted octanol–water partition coefficient (Wildman–Crippen LogP) is 3.11. The molecule has 7 heteroatoms. The molecule has 0 aliphatic rings. The summed E-state index contributed by atoms with van der Waals surface area (Å²) in [4.78, 5) is 23.3. The molecule has 0 spiro atoms. The molecule has 0 fully saturated rings. The Bertz CT molecular complexity index is 727. The summed E-state index contributed by atoms with van der Waals surface area (Å²) in [6.45, 7) is 2.19. The summed E-state index contributed by atoms with van der Waals surface area (Å²) in [6.07, 6.45) is 0.649. The van der Waals surface area contributed by atoms with E-state index in [0.717, 1.165) is 5.56 Å². The second-order valence-electron chi connectivity index (χ2n) is 5.39. The number of carbonyl (C=O) groups is 2. The van der Waals surface area contributed by atoms with Crippen LogP contribution in [0.15, 0.2) is 34.7 Å². The molecule has 0 atom stereocenters. The van der Waals surface area contributed by atoms with Crippen LogP contribution in [0.25, 0.3) is 0 Å². The molecular formula is C18H20FNO4S. The number of methoxy groups -OCH3 is 1. The normalized spacial score (nSPS) is 10.5. The van der Waals surface area contributed by atoms with Gasteiger partial charge in [-0.1, -0.05) is 12.1 Å². The van der Waals surface area contributed by atoms with Crippen LogP contribution < -0.4 is 5.32 Å². The molecule has 0 aliphatic carbocycles. The molecule has 0 unspecified atom stereocenters. The summed E-state index contributed by atoms with van der Waals surface area (Å²) in [6, 6.07) is 7.85. The van der Waals surface area contributed by atoms with E-state index in [4.69, 9.17) is 4.42 Å². The zero-order valence-electron chi connectivity index (χ0n) is 14.1. The minimum Gasteiger partial charge on any atom is -0.465 e. The minimum atomic E-state index is -0.434. The second kappa shape index (κ2) is 9.27. The first kappa shape index (κ1) is 19.1. The van der Waals surface area contributed by atoms with E-state index in [2.05, 4.69) is 10.1 Å². The molecule has 1 aromatic heterocycles. The van der Waals surface area contributed by atoms with Crippen molar-refractivity contribution in [2.24, 2.45) is 0 Å². The Hall–Kier alpha value is -2.28. The summed E-state index contributed by atoms with van der Waals surface area (Å²) in [5.74, 6) is 1.13. The average Bonchev–Trinajstić information content (AvgIpc) is 2.96. The number of thioether (sulfide) groups is 1. The van der Waals surface area contributed by atoms with E-state index in [1.165, 1.54) is 31.0 Å². The van der Waals surface area contributed by atoms with Gasteiger partial charge >= 0.3 is 5.97 Å². The second-order valence-corrected chi connectivity index (χ2v) is 6.38. The fourth-order valence-corrected chi connectivity index (χ4v) is 2.95. The number of halogens is 1. The average molecular weight is 365 g/mol. The molecule has 0 radical (unpaired) electrons. The van der Waals surface area contributed by atoms with E-state index in [9.17, 15) is 14.0 Å². The van der Waals surface area contributed by atoms with Gasteiger partial charge in [-0.3, -0.25) is 4.79 Å². The third-order valence-electron chi connectivity index (χ3n) is 3.50. The van der Waals surface area contributed by atoms with Crippen molar-refractivity contribution < 1.29 is 23.1 Å². The summed E-state index contributed by atoms with van der Waals surface area (Å²) in [5, 5.41) is 2.82. The summed E-state index contributed by atoms with van der Waals surface area (Å²) < 4.78 is 23.0. The third-order valence-corrected chi connectivity index (χ3v) is 4.46. The van der Waals surface area contributed by atoms with Crippen molar-refractivity contribution in [3.8, 4) is 0 Å². The highest BCUT2D eigenvalue weighted by atomic mass is 32.2. The Morgan fingerprint density at radius 1 is 1.28 bits per heavy atom. The Labute approximate surface area is 149 Å². The van der Waals surface area contributed by atoms with Crippen LogP contribution in [0.3, 0.4) is 0 Å². The number of ether oxygens (including phenoxy) is 1. The van der Waals surface area contributed by atoms with Gasteiger partial charge in [0, 0.05) is 6.54 Å². The Kier molecular flexibility index (Phi) is 7.06. The molecule has 0 saturated heterocycles. The highest BCUT2D eigenvalue weighted by Gasteiger charge is 2.15. The fourth-order valence-electron chi connectivity index (χ4n) is 2.22. The van der Waals surface area contributed by atoms with Crippen molar-refractivity contribution in [2.75, 3.05) is 19.4 Å². The maximum Gasteiger partial charge on any atom is 0.341 e. The highest BCUT2D eigenvalue weighted by Crippen LogP contribution is 2.20. The van der Waals surface area contributed by atoms with Crippen LogP contribution in [0.4, 0.5) is 4.39 Å². The molecule has 2 rings (SSSR count). The van der Waals surface area contributed by atoms with Gasteiger partial charge in [0.05, 0.1) is 18.6 Å². The first-order chi connectivity index (χ1) is 12.0. The lowest BCUT2D eigenvalue weighted by molar-refractivity contribution is -0.118. The number of benzene rings is 1. The smallest absolute Gasteiger partial charge is 0.341 e. The van der Waals surface area contributed by atoms with E-state index in [1.807, 2.05) is 0 Å². The van der Waals surface area contributed by atoms with E-state index >= 15 is 0 Å². The van der Waals surface area contributed by atoms with Crippen molar-refractivity contribution in [3.63, 3.8) is 0 Å².